The van der Waals surface area contributed by atoms with Crippen LogP contribution < -0.4 is 5.32 Å². The molecule has 2 heterocycles. The molecule has 5 nitrogen and oxygen atoms in total. The first-order valence-electron chi connectivity index (χ1n) is 5.44. The molecule has 7 heteroatoms. The Morgan fingerprint density at radius 2 is 2.11 bits per heavy atom. The molecule has 96 valence electrons. The van der Waals surface area contributed by atoms with E-state index in [4.69, 9.17) is 5.11 Å². The zero-order chi connectivity index (χ0) is 13.0. The van der Waals surface area contributed by atoms with E-state index in [1.54, 1.807) is 16.7 Å². The van der Waals surface area contributed by atoms with Crippen LogP contribution in [0, 0.1) is 6.92 Å². The Morgan fingerprint density at radius 1 is 1.33 bits per heavy atom. The minimum absolute atomic E-state index is 0.141. The molecule has 0 spiro atoms. The Kier molecular flexibility index (Phi) is 4.40. The van der Waals surface area contributed by atoms with E-state index in [1.165, 1.54) is 0 Å². The molecule has 18 heavy (non-hydrogen) atoms. The average molecular weight is 283 g/mol. The second-order valence-corrected chi connectivity index (χ2v) is 5.65. The number of aryl methyl sites for hydroxylation is 1. The lowest BCUT2D eigenvalue weighted by atomic mass is 10.3. The number of aromatic nitrogens is 2. The van der Waals surface area contributed by atoms with Crippen molar-refractivity contribution in [3.63, 3.8) is 0 Å². The molecule has 0 bridgehead atoms. The first kappa shape index (κ1) is 13.1. The molecule has 0 saturated carbocycles. The van der Waals surface area contributed by atoms with Gasteiger partial charge in [0.25, 0.3) is 0 Å². The molecule has 2 N–H and O–H groups in total. The van der Waals surface area contributed by atoms with E-state index in [0.717, 1.165) is 40.7 Å². The molecule has 0 aromatic carbocycles. The molecule has 0 aliphatic heterocycles. The van der Waals surface area contributed by atoms with E-state index in [9.17, 15) is 4.79 Å². The number of hydrogen-bond donors (Lipinski definition) is 2. The molecule has 2 aromatic rings. The molecular weight excluding hydrogens is 270 g/mol. The van der Waals surface area contributed by atoms with Crippen LogP contribution in [0.5, 0.6) is 0 Å². The number of nitrogens with one attached hydrogen (secondary N) is 1. The predicted octanol–water partition coefficient (Wildman–Crippen LogP) is 1.94. The molecule has 0 radical (unpaired) electrons. The summed E-state index contributed by atoms with van der Waals surface area (Å²) in [6.45, 7) is 3.39. The largest absolute Gasteiger partial charge is 0.476 e. The quantitative estimate of drug-likeness (QED) is 0.792. The number of carboxylic acids is 1. The summed E-state index contributed by atoms with van der Waals surface area (Å²) in [7, 11) is 0. The summed E-state index contributed by atoms with van der Waals surface area (Å²) in [5.41, 5.74) is 1.86. The highest BCUT2D eigenvalue weighted by Gasteiger charge is 2.08. The van der Waals surface area contributed by atoms with Crippen LogP contribution in [-0.2, 0) is 13.0 Å². The minimum Gasteiger partial charge on any atom is -0.476 e. The Labute approximate surface area is 113 Å². The smallest absolute Gasteiger partial charge is 0.365 e. The van der Waals surface area contributed by atoms with Gasteiger partial charge in [0.1, 0.15) is 0 Å². The van der Waals surface area contributed by atoms with Crippen LogP contribution in [0.1, 0.15) is 26.2 Å². The van der Waals surface area contributed by atoms with Gasteiger partial charge in [-0.05, 0) is 6.92 Å². The van der Waals surface area contributed by atoms with Gasteiger partial charge < -0.3 is 10.4 Å². The Balaban J connectivity index is 1.73. The summed E-state index contributed by atoms with van der Waals surface area (Å²) in [5.74, 6) is -0.968. The fourth-order valence-corrected chi connectivity index (χ4v) is 2.74. The number of hydrogen-bond acceptors (Lipinski definition) is 6. The van der Waals surface area contributed by atoms with Crippen molar-refractivity contribution in [2.75, 3.05) is 6.54 Å². The molecule has 0 aliphatic carbocycles. The first-order chi connectivity index (χ1) is 8.65. The van der Waals surface area contributed by atoms with E-state index >= 15 is 0 Å². The van der Waals surface area contributed by atoms with Gasteiger partial charge in [0.05, 0.1) is 16.4 Å². The van der Waals surface area contributed by atoms with Crippen molar-refractivity contribution in [2.45, 2.75) is 19.9 Å². The highest BCUT2D eigenvalue weighted by Crippen LogP contribution is 2.10. The van der Waals surface area contributed by atoms with Crippen LogP contribution in [0.3, 0.4) is 0 Å². The standard InChI is InChI=1S/C11H13N3O2S2/c1-7-13-8(5-17-7)2-3-12-4-9-6-18-10(14-9)11(15)16/h5-6,12H,2-4H2,1H3,(H,15,16). The number of nitrogens with zero attached hydrogens (tertiary/aromatic N) is 2. The van der Waals surface area contributed by atoms with Crippen LogP contribution in [0.15, 0.2) is 10.8 Å². The Morgan fingerprint density at radius 3 is 2.72 bits per heavy atom. The molecular formula is C11H13N3O2S2. The zero-order valence-electron chi connectivity index (χ0n) is 9.84. The second kappa shape index (κ2) is 6.03. The fourth-order valence-electron chi connectivity index (χ4n) is 1.44. The molecule has 0 saturated heterocycles. The van der Waals surface area contributed by atoms with Gasteiger partial charge in [-0.2, -0.15) is 0 Å². The Bertz CT molecular complexity index is 536. The molecule has 2 aromatic heterocycles. The van der Waals surface area contributed by atoms with Gasteiger partial charge in [-0.1, -0.05) is 0 Å². The van der Waals surface area contributed by atoms with Crippen LogP contribution in [0.2, 0.25) is 0 Å². The monoisotopic (exact) mass is 283 g/mol. The van der Waals surface area contributed by atoms with E-state index in [-0.39, 0.29) is 5.01 Å². The van der Waals surface area contributed by atoms with E-state index in [2.05, 4.69) is 20.7 Å². The number of carboxylic acid groups (broad SMARTS) is 1. The maximum atomic E-state index is 10.7. The lowest BCUT2D eigenvalue weighted by Crippen LogP contribution is -2.17. The summed E-state index contributed by atoms with van der Waals surface area (Å²) >= 11 is 2.80. The van der Waals surface area contributed by atoms with Gasteiger partial charge in [-0.3, -0.25) is 0 Å². The van der Waals surface area contributed by atoms with Crippen LogP contribution in [0.4, 0.5) is 0 Å². The Hall–Kier alpha value is -1.31. The summed E-state index contributed by atoms with van der Waals surface area (Å²) in [5, 5.41) is 17.0. The molecule has 0 aliphatic rings. The number of thiazole rings is 2. The van der Waals surface area contributed by atoms with Crippen molar-refractivity contribution in [1.29, 1.82) is 0 Å². The van der Waals surface area contributed by atoms with Crippen molar-refractivity contribution in [2.24, 2.45) is 0 Å². The second-order valence-electron chi connectivity index (χ2n) is 3.73. The number of aromatic carboxylic acids is 1. The average Bonchev–Trinajstić information content (AvgIpc) is 2.93. The van der Waals surface area contributed by atoms with E-state index < -0.39 is 5.97 Å². The summed E-state index contributed by atoms with van der Waals surface area (Å²) in [6.07, 6.45) is 0.875. The molecule has 0 unspecified atom stereocenters. The van der Waals surface area contributed by atoms with Crippen molar-refractivity contribution in [3.05, 3.63) is 32.2 Å². The summed E-state index contributed by atoms with van der Waals surface area (Å²) < 4.78 is 0. The van der Waals surface area contributed by atoms with Gasteiger partial charge in [0.15, 0.2) is 0 Å². The maximum absolute atomic E-state index is 10.7. The lowest BCUT2D eigenvalue weighted by Gasteiger charge is -2.00. The third-order valence-electron chi connectivity index (χ3n) is 2.27. The predicted molar refractivity (Wildman–Crippen MR) is 71.3 cm³/mol. The molecule has 0 amide bonds. The van der Waals surface area contributed by atoms with Gasteiger partial charge in [0.2, 0.25) is 5.01 Å². The summed E-state index contributed by atoms with van der Waals surface area (Å²) in [6, 6.07) is 0. The molecule has 2 rings (SSSR count). The van der Waals surface area contributed by atoms with Crippen molar-refractivity contribution >= 4 is 28.6 Å². The SMILES string of the molecule is Cc1nc(CCNCc2csc(C(=O)O)n2)cs1. The normalized spacial score (nSPS) is 10.7. The van der Waals surface area contributed by atoms with Gasteiger partial charge >= 0.3 is 5.97 Å². The van der Waals surface area contributed by atoms with E-state index in [0.29, 0.717) is 6.54 Å². The highest BCUT2D eigenvalue weighted by molar-refractivity contribution is 7.11. The van der Waals surface area contributed by atoms with E-state index in [1.807, 2.05) is 6.92 Å². The molecule has 0 atom stereocenters. The van der Waals surface area contributed by atoms with Gasteiger partial charge in [-0.25, -0.2) is 14.8 Å². The van der Waals surface area contributed by atoms with Crippen molar-refractivity contribution < 1.29 is 9.90 Å². The van der Waals surface area contributed by atoms with Gasteiger partial charge in [0, 0.05) is 30.3 Å². The van der Waals surface area contributed by atoms with Gasteiger partial charge in [-0.15, -0.1) is 22.7 Å². The van der Waals surface area contributed by atoms with Crippen LogP contribution >= 0.6 is 22.7 Å². The fraction of sp³-hybridized carbons (Fsp3) is 0.364. The maximum Gasteiger partial charge on any atom is 0.365 e. The van der Waals surface area contributed by atoms with Crippen LogP contribution in [0.25, 0.3) is 0 Å². The van der Waals surface area contributed by atoms with Crippen LogP contribution in [-0.4, -0.2) is 27.6 Å². The lowest BCUT2D eigenvalue weighted by molar-refractivity contribution is 0.0696. The third-order valence-corrected chi connectivity index (χ3v) is 3.97. The highest BCUT2D eigenvalue weighted by atomic mass is 32.1. The first-order valence-corrected chi connectivity index (χ1v) is 7.20. The topological polar surface area (TPSA) is 75.1 Å². The number of rotatable bonds is 6. The molecule has 0 fully saturated rings. The van der Waals surface area contributed by atoms with Crippen molar-refractivity contribution in [3.8, 4) is 0 Å². The number of carbonyl (C=O) groups is 1. The van der Waals surface area contributed by atoms with Crippen molar-refractivity contribution in [1.82, 2.24) is 15.3 Å². The minimum atomic E-state index is -0.968. The zero-order valence-corrected chi connectivity index (χ0v) is 11.5. The third kappa shape index (κ3) is 3.59. The summed E-state index contributed by atoms with van der Waals surface area (Å²) in [4.78, 5) is 19.0.